The summed E-state index contributed by atoms with van der Waals surface area (Å²) in [5, 5.41) is 4.31. The van der Waals surface area contributed by atoms with Gasteiger partial charge in [-0.15, -0.1) is 0 Å². The molecule has 0 bridgehead atoms. The van der Waals surface area contributed by atoms with E-state index in [2.05, 4.69) is 12.2 Å². The Morgan fingerprint density at radius 2 is 2.09 bits per heavy atom. The Labute approximate surface area is 69.3 Å². The van der Waals surface area contributed by atoms with Gasteiger partial charge in [0.2, 0.25) is 0 Å². The van der Waals surface area contributed by atoms with E-state index in [1.165, 1.54) is 19.3 Å². The van der Waals surface area contributed by atoms with E-state index >= 15 is 0 Å². The van der Waals surface area contributed by atoms with Gasteiger partial charge in [0.25, 0.3) is 0 Å². The number of rotatable bonds is 4. The fourth-order valence-electron chi connectivity index (χ4n) is 1.49. The first kappa shape index (κ1) is 9.01. The Morgan fingerprint density at radius 1 is 1.36 bits per heavy atom. The third-order valence-corrected chi connectivity index (χ3v) is 2.27. The molecule has 1 radical (unpaired) electrons. The van der Waals surface area contributed by atoms with Gasteiger partial charge in [-0.25, -0.2) is 5.32 Å². The lowest BCUT2D eigenvalue weighted by Crippen LogP contribution is -2.23. The molecule has 1 aliphatic heterocycles. The third kappa shape index (κ3) is 3.73. The van der Waals surface area contributed by atoms with Crippen LogP contribution in [0.1, 0.15) is 26.2 Å². The van der Waals surface area contributed by atoms with E-state index in [1.54, 1.807) is 0 Å². The molecule has 2 nitrogen and oxygen atoms in total. The second-order valence-corrected chi connectivity index (χ2v) is 3.10. The van der Waals surface area contributed by atoms with Crippen LogP contribution in [0.3, 0.4) is 0 Å². The number of piperidine rings is 1. The molecule has 0 unspecified atom stereocenters. The molecule has 1 aliphatic rings. The van der Waals surface area contributed by atoms with Crippen molar-refractivity contribution in [2.45, 2.75) is 26.2 Å². The first-order valence-electron chi connectivity index (χ1n) is 4.64. The molecular formula is C9H18NO. The highest BCUT2D eigenvalue weighted by molar-refractivity contribution is 4.67. The third-order valence-electron chi connectivity index (χ3n) is 2.27. The van der Waals surface area contributed by atoms with Gasteiger partial charge < -0.3 is 4.74 Å². The van der Waals surface area contributed by atoms with Crippen molar-refractivity contribution in [2.24, 2.45) is 5.92 Å². The van der Waals surface area contributed by atoms with Gasteiger partial charge in [-0.1, -0.05) is 0 Å². The maximum absolute atomic E-state index is 5.31. The number of hydrogen-bond acceptors (Lipinski definition) is 1. The maximum atomic E-state index is 5.31. The quantitative estimate of drug-likeness (QED) is 0.565. The van der Waals surface area contributed by atoms with Crippen molar-refractivity contribution in [3.8, 4) is 0 Å². The molecule has 11 heavy (non-hydrogen) atoms. The zero-order valence-corrected chi connectivity index (χ0v) is 7.38. The molecular weight excluding hydrogens is 138 g/mol. The molecule has 0 aliphatic carbocycles. The molecule has 0 aromatic carbocycles. The van der Waals surface area contributed by atoms with E-state index in [0.29, 0.717) is 0 Å². The summed E-state index contributed by atoms with van der Waals surface area (Å²) in [6, 6.07) is 0. The van der Waals surface area contributed by atoms with Crippen molar-refractivity contribution in [3.05, 3.63) is 0 Å². The van der Waals surface area contributed by atoms with Crippen molar-refractivity contribution >= 4 is 0 Å². The second-order valence-electron chi connectivity index (χ2n) is 3.10. The Bertz CT molecular complexity index is 89.6. The molecule has 0 aromatic rings. The molecule has 2 heteroatoms. The predicted octanol–water partition coefficient (Wildman–Crippen LogP) is 1.43. The van der Waals surface area contributed by atoms with E-state index in [0.717, 1.165) is 32.2 Å². The number of ether oxygens (including phenoxy) is 1. The van der Waals surface area contributed by atoms with Crippen LogP contribution in [0, 0.1) is 5.92 Å². The lowest BCUT2D eigenvalue weighted by Gasteiger charge is -2.20. The highest BCUT2D eigenvalue weighted by Crippen LogP contribution is 2.15. The maximum Gasteiger partial charge on any atom is 0.0468 e. The summed E-state index contributed by atoms with van der Waals surface area (Å²) in [7, 11) is 0. The molecule has 1 rings (SSSR count). The molecule has 1 heterocycles. The monoisotopic (exact) mass is 156 g/mol. The summed E-state index contributed by atoms with van der Waals surface area (Å²) in [4.78, 5) is 0. The summed E-state index contributed by atoms with van der Waals surface area (Å²) in [5.74, 6) is 0.888. The molecule has 0 spiro atoms. The van der Waals surface area contributed by atoms with Crippen LogP contribution in [0.5, 0.6) is 0 Å². The molecule has 0 amide bonds. The van der Waals surface area contributed by atoms with Crippen LogP contribution >= 0.6 is 0 Å². The van der Waals surface area contributed by atoms with Crippen LogP contribution in [-0.2, 0) is 4.74 Å². The van der Waals surface area contributed by atoms with Crippen LogP contribution in [0.25, 0.3) is 0 Å². The van der Waals surface area contributed by atoms with Crippen LogP contribution in [0.4, 0.5) is 0 Å². The van der Waals surface area contributed by atoms with Crippen LogP contribution < -0.4 is 5.32 Å². The minimum absolute atomic E-state index is 0.858. The second kappa shape index (κ2) is 5.56. The highest BCUT2D eigenvalue weighted by Gasteiger charge is 2.12. The van der Waals surface area contributed by atoms with Crippen molar-refractivity contribution in [2.75, 3.05) is 26.3 Å². The van der Waals surface area contributed by atoms with Gasteiger partial charge in [-0.2, -0.15) is 0 Å². The number of hydrogen-bond donors (Lipinski definition) is 0. The van der Waals surface area contributed by atoms with E-state index < -0.39 is 0 Å². The van der Waals surface area contributed by atoms with Gasteiger partial charge in [-0.05, 0) is 32.1 Å². The Kier molecular flexibility index (Phi) is 4.55. The van der Waals surface area contributed by atoms with Crippen molar-refractivity contribution in [3.63, 3.8) is 0 Å². The molecule has 0 N–H and O–H groups in total. The standard InChI is InChI=1S/C9H18NO/c1-2-11-8-5-9-3-6-10-7-4-9/h9H,2-8H2,1H3. The summed E-state index contributed by atoms with van der Waals surface area (Å²) in [6.45, 7) is 6.02. The molecule has 0 saturated carbocycles. The van der Waals surface area contributed by atoms with Gasteiger partial charge in [0.05, 0.1) is 0 Å². The average molecular weight is 156 g/mol. The van der Waals surface area contributed by atoms with Gasteiger partial charge in [-0.3, -0.25) is 0 Å². The topological polar surface area (TPSA) is 23.3 Å². The minimum Gasteiger partial charge on any atom is -0.382 e. The first-order valence-corrected chi connectivity index (χ1v) is 4.64. The SMILES string of the molecule is CCOCCC1CC[N]CC1. The molecule has 0 aromatic heterocycles. The Morgan fingerprint density at radius 3 is 2.73 bits per heavy atom. The van der Waals surface area contributed by atoms with Gasteiger partial charge in [0.1, 0.15) is 0 Å². The van der Waals surface area contributed by atoms with Crippen LogP contribution in [-0.4, -0.2) is 26.3 Å². The molecule has 65 valence electrons. The molecule has 1 fully saturated rings. The zero-order chi connectivity index (χ0) is 7.94. The number of nitrogens with zero attached hydrogens (tertiary/aromatic N) is 1. The lowest BCUT2D eigenvalue weighted by molar-refractivity contribution is 0.126. The predicted molar refractivity (Wildman–Crippen MR) is 45.7 cm³/mol. The average Bonchev–Trinajstić information content (AvgIpc) is 2.07. The summed E-state index contributed by atoms with van der Waals surface area (Å²) < 4.78 is 5.31. The normalized spacial score (nSPS) is 20.5. The van der Waals surface area contributed by atoms with Crippen molar-refractivity contribution in [1.29, 1.82) is 0 Å². The Balaban J connectivity index is 1.96. The van der Waals surface area contributed by atoms with E-state index in [4.69, 9.17) is 4.74 Å². The fourth-order valence-corrected chi connectivity index (χ4v) is 1.49. The van der Waals surface area contributed by atoms with Crippen LogP contribution in [0.2, 0.25) is 0 Å². The minimum atomic E-state index is 0.858. The van der Waals surface area contributed by atoms with Crippen molar-refractivity contribution < 1.29 is 4.74 Å². The largest absolute Gasteiger partial charge is 0.382 e. The summed E-state index contributed by atoms with van der Waals surface area (Å²) in [6.07, 6.45) is 3.81. The van der Waals surface area contributed by atoms with Gasteiger partial charge in [0.15, 0.2) is 0 Å². The van der Waals surface area contributed by atoms with Crippen LogP contribution in [0.15, 0.2) is 0 Å². The summed E-state index contributed by atoms with van der Waals surface area (Å²) >= 11 is 0. The summed E-state index contributed by atoms with van der Waals surface area (Å²) in [5.41, 5.74) is 0. The lowest BCUT2D eigenvalue weighted by atomic mass is 9.95. The van der Waals surface area contributed by atoms with E-state index in [1.807, 2.05) is 0 Å². The zero-order valence-electron chi connectivity index (χ0n) is 7.38. The van der Waals surface area contributed by atoms with Gasteiger partial charge >= 0.3 is 0 Å². The van der Waals surface area contributed by atoms with E-state index in [9.17, 15) is 0 Å². The smallest absolute Gasteiger partial charge is 0.0468 e. The molecule has 0 atom stereocenters. The highest BCUT2D eigenvalue weighted by atomic mass is 16.5. The first-order chi connectivity index (χ1) is 5.43. The molecule has 1 saturated heterocycles. The Hall–Kier alpha value is -0.0800. The van der Waals surface area contributed by atoms with Crippen molar-refractivity contribution in [1.82, 2.24) is 5.32 Å². The van der Waals surface area contributed by atoms with E-state index in [-0.39, 0.29) is 0 Å². The van der Waals surface area contributed by atoms with Gasteiger partial charge in [0, 0.05) is 26.3 Å². The fraction of sp³-hybridized carbons (Fsp3) is 1.00.